The molecule has 2 aromatic rings. The van der Waals surface area contributed by atoms with Crippen molar-refractivity contribution in [3.63, 3.8) is 0 Å². The number of benzene rings is 1. The maximum Gasteiger partial charge on any atom is 0.261 e. The molecule has 0 radical (unpaired) electrons. The summed E-state index contributed by atoms with van der Waals surface area (Å²) in [5, 5.41) is 8.61. The van der Waals surface area contributed by atoms with Crippen LogP contribution in [0.5, 0.6) is 5.75 Å². The molecule has 1 fully saturated rings. The quantitative estimate of drug-likeness (QED) is 0.812. The number of hydrogen-bond acceptors (Lipinski definition) is 5. The lowest BCUT2D eigenvalue weighted by molar-refractivity contribution is -0.134. The number of hydrogen-bond donors (Lipinski definition) is 0. The van der Waals surface area contributed by atoms with Crippen molar-refractivity contribution in [2.75, 3.05) is 26.7 Å². The summed E-state index contributed by atoms with van der Waals surface area (Å²) in [7, 11) is 2.04. The zero-order chi connectivity index (χ0) is 19.0. The Morgan fingerprint density at radius 1 is 1.26 bits per heavy atom. The molecule has 4 rings (SSSR count). The van der Waals surface area contributed by atoms with Gasteiger partial charge in [-0.25, -0.2) is 8.78 Å². The lowest BCUT2D eigenvalue weighted by Crippen LogP contribution is -2.37. The molecule has 7 nitrogen and oxygen atoms in total. The van der Waals surface area contributed by atoms with E-state index in [0.717, 1.165) is 56.3 Å². The van der Waals surface area contributed by atoms with Gasteiger partial charge in [0.25, 0.3) is 5.91 Å². The predicted octanol–water partition coefficient (Wildman–Crippen LogP) is 1.74. The maximum atomic E-state index is 13.7. The standard InChI is InChI=1S/C18H21F2N5O2/c1-23-7-8-25-16(10-23)21-22-18(25)14-3-2-6-24(14)17(26)11-27-15-5-4-12(19)9-13(15)20/h4-5,9,14H,2-3,6-8,10-11H2,1H3. The molecule has 1 aromatic carbocycles. The number of likely N-dealkylation sites (N-methyl/N-ethyl adjacent to an activating group) is 1. The van der Waals surface area contributed by atoms with Gasteiger partial charge in [0.05, 0.1) is 12.6 Å². The number of fused-ring (bicyclic) bond motifs is 1. The van der Waals surface area contributed by atoms with Crippen molar-refractivity contribution in [3.8, 4) is 5.75 Å². The second-order valence-electron chi connectivity index (χ2n) is 6.97. The van der Waals surface area contributed by atoms with Crippen LogP contribution in [0.3, 0.4) is 0 Å². The molecule has 0 spiro atoms. The van der Waals surface area contributed by atoms with Crippen LogP contribution in [0.15, 0.2) is 18.2 Å². The first-order valence-corrected chi connectivity index (χ1v) is 9.01. The van der Waals surface area contributed by atoms with Gasteiger partial charge in [0.15, 0.2) is 24.0 Å². The number of aromatic nitrogens is 3. The Morgan fingerprint density at radius 2 is 2.11 bits per heavy atom. The zero-order valence-electron chi connectivity index (χ0n) is 15.1. The largest absolute Gasteiger partial charge is 0.481 e. The van der Waals surface area contributed by atoms with Gasteiger partial charge in [0.2, 0.25) is 0 Å². The van der Waals surface area contributed by atoms with Crippen LogP contribution in [0, 0.1) is 11.6 Å². The first kappa shape index (κ1) is 17.8. The van der Waals surface area contributed by atoms with Crippen LogP contribution in [0.4, 0.5) is 8.78 Å². The third kappa shape index (κ3) is 3.51. The number of halogens is 2. The van der Waals surface area contributed by atoms with Crippen molar-refractivity contribution in [1.29, 1.82) is 0 Å². The third-order valence-electron chi connectivity index (χ3n) is 5.09. The monoisotopic (exact) mass is 377 g/mol. The van der Waals surface area contributed by atoms with Crippen LogP contribution in [0.2, 0.25) is 0 Å². The van der Waals surface area contributed by atoms with Crippen molar-refractivity contribution < 1.29 is 18.3 Å². The van der Waals surface area contributed by atoms with E-state index < -0.39 is 11.6 Å². The van der Waals surface area contributed by atoms with Crippen molar-refractivity contribution in [2.24, 2.45) is 0 Å². The average molecular weight is 377 g/mol. The minimum atomic E-state index is -0.823. The molecule has 9 heteroatoms. The van der Waals surface area contributed by atoms with Crippen LogP contribution >= 0.6 is 0 Å². The average Bonchev–Trinajstić information content (AvgIpc) is 3.26. The van der Waals surface area contributed by atoms with Crippen molar-refractivity contribution in [1.82, 2.24) is 24.6 Å². The van der Waals surface area contributed by atoms with Crippen molar-refractivity contribution >= 4 is 5.91 Å². The fraction of sp³-hybridized carbons (Fsp3) is 0.500. The number of amides is 1. The fourth-order valence-electron chi connectivity index (χ4n) is 3.70. The summed E-state index contributed by atoms with van der Waals surface area (Å²) in [6, 6.07) is 2.87. The Kier molecular flexibility index (Phi) is 4.77. The molecule has 1 saturated heterocycles. The van der Waals surface area contributed by atoms with Gasteiger partial charge in [0.1, 0.15) is 11.6 Å². The molecule has 1 unspecified atom stereocenters. The van der Waals surface area contributed by atoms with Gasteiger partial charge in [-0.2, -0.15) is 0 Å². The van der Waals surface area contributed by atoms with Crippen molar-refractivity contribution in [2.45, 2.75) is 32.0 Å². The Labute approximate surface area is 155 Å². The molecule has 2 aliphatic rings. The maximum absolute atomic E-state index is 13.7. The molecule has 3 heterocycles. The minimum Gasteiger partial charge on any atom is -0.481 e. The lowest BCUT2D eigenvalue weighted by atomic mass is 10.2. The van der Waals surface area contributed by atoms with Crippen LogP contribution in [-0.2, 0) is 17.9 Å². The van der Waals surface area contributed by atoms with Gasteiger partial charge >= 0.3 is 0 Å². The molecule has 1 atom stereocenters. The second kappa shape index (κ2) is 7.22. The van der Waals surface area contributed by atoms with Gasteiger partial charge in [-0.1, -0.05) is 0 Å². The molecular formula is C18H21F2N5O2. The molecule has 144 valence electrons. The summed E-state index contributed by atoms with van der Waals surface area (Å²) in [4.78, 5) is 16.6. The summed E-state index contributed by atoms with van der Waals surface area (Å²) < 4.78 is 34.0. The molecule has 1 aromatic heterocycles. The van der Waals surface area contributed by atoms with E-state index in [9.17, 15) is 13.6 Å². The number of carbonyl (C=O) groups excluding carboxylic acids is 1. The minimum absolute atomic E-state index is 0.136. The van der Waals surface area contributed by atoms with Gasteiger partial charge in [-0.15, -0.1) is 10.2 Å². The van der Waals surface area contributed by atoms with E-state index in [1.807, 2.05) is 7.05 Å². The van der Waals surface area contributed by atoms with Gasteiger partial charge < -0.3 is 14.2 Å². The van der Waals surface area contributed by atoms with E-state index in [4.69, 9.17) is 4.74 Å². The van der Waals surface area contributed by atoms with Gasteiger partial charge in [-0.05, 0) is 32.0 Å². The molecule has 1 amide bonds. The molecule has 27 heavy (non-hydrogen) atoms. The molecular weight excluding hydrogens is 356 g/mol. The van der Waals surface area contributed by atoms with E-state index >= 15 is 0 Å². The number of nitrogens with zero attached hydrogens (tertiary/aromatic N) is 5. The Balaban J connectivity index is 1.46. The Hall–Kier alpha value is -2.55. The Morgan fingerprint density at radius 3 is 2.93 bits per heavy atom. The number of rotatable bonds is 4. The highest BCUT2D eigenvalue weighted by Gasteiger charge is 2.35. The Bertz CT molecular complexity index is 856. The summed E-state index contributed by atoms with van der Waals surface area (Å²) in [5.74, 6) is -0.182. The van der Waals surface area contributed by atoms with Crippen LogP contribution in [0.25, 0.3) is 0 Å². The summed E-state index contributed by atoms with van der Waals surface area (Å²) in [5.41, 5.74) is 0. The fourth-order valence-corrected chi connectivity index (χ4v) is 3.70. The molecule has 0 bridgehead atoms. The van der Waals surface area contributed by atoms with Crippen molar-refractivity contribution in [3.05, 3.63) is 41.5 Å². The second-order valence-corrected chi connectivity index (χ2v) is 6.97. The van der Waals surface area contributed by atoms with E-state index in [-0.39, 0.29) is 24.3 Å². The first-order valence-electron chi connectivity index (χ1n) is 9.01. The van der Waals surface area contributed by atoms with Crippen LogP contribution in [-0.4, -0.2) is 57.2 Å². The third-order valence-corrected chi connectivity index (χ3v) is 5.09. The summed E-state index contributed by atoms with van der Waals surface area (Å²) in [6.07, 6.45) is 1.67. The van der Waals surface area contributed by atoms with Crippen LogP contribution in [0.1, 0.15) is 30.5 Å². The van der Waals surface area contributed by atoms with E-state index in [2.05, 4.69) is 19.7 Å². The summed E-state index contributed by atoms with van der Waals surface area (Å²) >= 11 is 0. The van der Waals surface area contributed by atoms with E-state index in [1.165, 1.54) is 6.07 Å². The lowest BCUT2D eigenvalue weighted by Gasteiger charge is -2.28. The first-order chi connectivity index (χ1) is 13.0. The highest BCUT2D eigenvalue weighted by Crippen LogP contribution is 2.32. The van der Waals surface area contributed by atoms with Gasteiger partial charge in [0, 0.05) is 25.7 Å². The smallest absolute Gasteiger partial charge is 0.261 e. The van der Waals surface area contributed by atoms with Gasteiger partial charge in [-0.3, -0.25) is 9.69 Å². The predicted molar refractivity (Wildman–Crippen MR) is 91.9 cm³/mol. The highest BCUT2D eigenvalue weighted by atomic mass is 19.1. The zero-order valence-corrected chi connectivity index (χ0v) is 15.1. The highest BCUT2D eigenvalue weighted by molar-refractivity contribution is 5.78. The topological polar surface area (TPSA) is 63.5 Å². The number of ether oxygens (including phenoxy) is 1. The number of carbonyl (C=O) groups is 1. The summed E-state index contributed by atoms with van der Waals surface area (Å²) in [6.45, 7) is 2.74. The van der Waals surface area contributed by atoms with E-state index in [1.54, 1.807) is 4.90 Å². The normalized spacial score (nSPS) is 20.0. The molecule has 0 saturated carbocycles. The number of likely N-dealkylation sites (tertiary alicyclic amines) is 1. The molecule has 0 aliphatic carbocycles. The SMILES string of the molecule is CN1CCn2c(nnc2C2CCCN2C(=O)COc2ccc(F)cc2F)C1. The van der Waals surface area contributed by atoms with E-state index in [0.29, 0.717) is 6.54 Å². The van der Waals surface area contributed by atoms with Crippen LogP contribution < -0.4 is 4.74 Å². The molecule has 2 aliphatic heterocycles. The molecule has 0 N–H and O–H groups in total.